The highest BCUT2D eigenvalue weighted by atomic mass is 19.3. The van der Waals surface area contributed by atoms with Gasteiger partial charge in [0.1, 0.15) is 11.6 Å². The molecule has 0 spiro atoms. The fraction of sp³-hybridized carbons (Fsp3) is 0. The molecule has 0 amide bonds. The second-order valence-electron chi connectivity index (χ2n) is 3.59. The molecule has 0 heterocycles. The van der Waals surface area contributed by atoms with Gasteiger partial charge in [-0.2, -0.15) is 0 Å². The first-order chi connectivity index (χ1) is 8.93. The van der Waals surface area contributed by atoms with E-state index in [1.165, 1.54) is 0 Å². The van der Waals surface area contributed by atoms with Gasteiger partial charge in [-0.3, -0.25) is 4.94 Å². The maximum Gasteiger partial charge on any atom is 0.194 e. The minimum Gasteiger partial charge on any atom is -0.294 e. The van der Waals surface area contributed by atoms with Crippen molar-refractivity contribution in [2.24, 2.45) is 0 Å². The first-order valence-corrected chi connectivity index (χ1v) is 4.86. The van der Waals surface area contributed by atoms with Crippen LogP contribution in [-0.4, -0.2) is 0 Å². The zero-order chi connectivity index (χ0) is 14.2. The van der Waals surface area contributed by atoms with Crippen LogP contribution in [0.15, 0.2) is 24.3 Å². The van der Waals surface area contributed by atoms with E-state index in [1.807, 2.05) is 0 Å². The molecule has 7 heteroatoms. The Bertz CT molecular complexity index is 594. The first-order valence-electron chi connectivity index (χ1n) is 4.86. The first kappa shape index (κ1) is 13.3. The van der Waals surface area contributed by atoms with Gasteiger partial charge in [-0.1, -0.05) is 0 Å². The molecule has 0 N–H and O–H groups in total. The number of rotatable bonds is 2. The summed E-state index contributed by atoms with van der Waals surface area (Å²) in [4.78, 5) is 3.15. The van der Waals surface area contributed by atoms with E-state index in [2.05, 4.69) is 4.94 Å². The topological polar surface area (TPSA) is 9.23 Å². The lowest BCUT2D eigenvalue weighted by Gasteiger charge is -2.07. The molecule has 0 fully saturated rings. The van der Waals surface area contributed by atoms with E-state index >= 15 is 0 Å². The largest absolute Gasteiger partial charge is 0.294 e. The summed E-state index contributed by atoms with van der Waals surface area (Å²) in [6.07, 6.45) is 0. The Morgan fingerprint density at radius 1 is 0.684 bits per heavy atom. The Labute approximate surface area is 102 Å². The lowest BCUT2D eigenvalue weighted by atomic mass is 10.0. The van der Waals surface area contributed by atoms with Gasteiger partial charge < -0.3 is 0 Å². The van der Waals surface area contributed by atoms with Crippen molar-refractivity contribution in [1.82, 2.24) is 0 Å². The monoisotopic (exact) mass is 278 g/mol. The van der Waals surface area contributed by atoms with Crippen LogP contribution in [-0.2, 0) is 0 Å². The molecule has 0 radical (unpaired) electrons. The second-order valence-corrected chi connectivity index (χ2v) is 3.59. The highest BCUT2D eigenvalue weighted by Crippen LogP contribution is 2.31. The molecule has 0 aliphatic carbocycles. The van der Waals surface area contributed by atoms with Crippen LogP contribution in [0, 0.1) is 29.1 Å². The number of benzene rings is 2. The molecule has 1 nitrogen and oxygen atoms in total. The zero-order valence-electron chi connectivity index (χ0n) is 8.99. The molecule has 0 aromatic heterocycles. The molecule has 0 aliphatic heterocycles. The second kappa shape index (κ2) is 4.83. The van der Waals surface area contributed by atoms with Crippen molar-refractivity contribution >= 4 is 0 Å². The van der Waals surface area contributed by atoms with Crippen molar-refractivity contribution in [3.8, 4) is 16.9 Å². The summed E-state index contributed by atoms with van der Waals surface area (Å²) in [5.41, 5.74) is -1.38. The minimum absolute atomic E-state index is 0.426. The van der Waals surface area contributed by atoms with Crippen molar-refractivity contribution in [3.05, 3.63) is 53.4 Å². The molecule has 19 heavy (non-hydrogen) atoms. The summed E-state index contributed by atoms with van der Waals surface area (Å²) in [5.74, 6) is -8.31. The van der Waals surface area contributed by atoms with Gasteiger partial charge in [0.25, 0.3) is 0 Å². The van der Waals surface area contributed by atoms with Gasteiger partial charge in [-0.25, -0.2) is 22.0 Å². The van der Waals surface area contributed by atoms with E-state index in [9.17, 15) is 26.5 Å². The summed E-state index contributed by atoms with van der Waals surface area (Å²) in [5, 5.41) is 0. The van der Waals surface area contributed by atoms with Crippen LogP contribution >= 0.6 is 0 Å². The van der Waals surface area contributed by atoms with Gasteiger partial charge in [0.2, 0.25) is 0 Å². The SMILES string of the molecule is FOc1cc(F)c(-c2cc(F)c(F)c(F)c2)c(F)c1. The smallest absolute Gasteiger partial charge is 0.194 e. The van der Waals surface area contributed by atoms with Crippen LogP contribution < -0.4 is 4.94 Å². The molecule has 100 valence electrons. The average Bonchev–Trinajstić information content (AvgIpc) is 2.34. The van der Waals surface area contributed by atoms with E-state index in [0.717, 1.165) is 0 Å². The van der Waals surface area contributed by atoms with Crippen LogP contribution in [0.5, 0.6) is 5.75 Å². The molecule has 2 aromatic rings. The molecule has 0 saturated heterocycles. The highest BCUT2D eigenvalue weighted by molar-refractivity contribution is 5.66. The lowest BCUT2D eigenvalue weighted by Crippen LogP contribution is -1.96. The van der Waals surface area contributed by atoms with Crippen LogP contribution in [0.1, 0.15) is 0 Å². The van der Waals surface area contributed by atoms with E-state index in [1.54, 1.807) is 0 Å². The van der Waals surface area contributed by atoms with Crippen LogP contribution in [0.4, 0.5) is 26.5 Å². The molecule has 0 unspecified atom stereocenters. The summed E-state index contributed by atoms with van der Waals surface area (Å²) in [6, 6.07) is 1.82. The highest BCUT2D eigenvalue weighted by Gasteiger charge is 2.18. The normalized spacial score (nSPS) is 10.6. The Balaban J connectivity index is 2.66. The van der Waals surface area contributed by atoms with E-state index in [0.29, 0.717) is 24.3 Å². The third-order valence-electron chi connectivity index (χ3n) is 2.38. The van der Waals surface area contributed by atoms with Crippen molar-refractivity contribution in [2.45, 2.75) is 0 Å². The molecule has 0 atom stereocenters. The fourth-order valence-corrected chi connectivity index (χ4v) is 1.57. The van der Waals surface area contributed by atoms with Gasteiger partial charge in [-0.15, -0.1) is 0 Å². The maximum atomic E-state index is 13.5. The van der Waals surface area contributed by atoms with Gasteiger partial charge in [-0.05, 0) is 17.7 Å². The Morgan fingerprint density at radius 3 is 1.58 bits per heavy atom. The molecule has 2 rings (SSSR count). The summed E-state index contributed by atoms with van der Waals surface area (Å²) in [7, 11) is 0. The Hall–Kier alpha value is -2.18. The molecular weight excluding hydrogens is 274 g/mol. The predicted octanol–water partition coefficient (Wildman–Crippen LogP) is 4.31. The fourth-order valence-electron chi connectivity index (χ4n) is 1.57. The number of hydrogen-bond acceptors (Lipinski definition) is 1. The van der Waals surface area contributed by atoms with Crippen molar-refractivity contribution < 1.29 is 31.4 Å². The zero-order valence-corrected chi connectivity index (χ0v) is 8.99. The maximum absolute atomic E-state index is 13.5. The van der Waals surface area contributed by atoms with E-state index in [4.69, 9.17) is 0 Å². The quantitative estimate of drug-likeness (QED) is 0.587. The number of halogens is 6. The van der Waals surface area contributed by atoms with Crippen molar-refractivity contribution in [1.29, 1.82) is 0 Å². The van der Waals surface area contributed by atoms with Crippen LogP contribution in [0.2, 0.25) is 0 Å². The Morgan fingerprint density at radius 2 is 1.16 bits per heavy atom. The summed E-state index contributed by atoms with van der Waals surface area (Å²) < 4.78 is 77.6. The molecule has 0 aliphatic rings. The standard InChI is InChI=1S/C12H4F6O/c13-7-3-6(19-18)4-8(14)11(7)5-1-9(15)12(17)10(16)2-5/h1-4H. The van der Waals surface area contributed by atoms with Gasteiger partial charge in [0, 0.05) is 16.7 Å². The summed E-state index contributed by atoms with van der Waals surface area (Å²) >= 11 is 0. The van der Waals surface area contributed by atoms with Gasteiger partial charge >= 0.3 is 0 Å². The van der Waals surface area contributed by atoms with Gasteiger partial charge in [0.15, 0.2) is 23.2 Å². The average molecular weight is 278 g/mol. The third-order valence-corrected chi connectivity index (χ3v) is 2.38. The van der Waals surface area contributed by atoms with E-state index < -0.39 is 46.0 Å². The molecule has 0 saturated carbocycles. The van der Waals surface area contributed by atoms with Crippen LogP contribution in [0.25, 0.3) is 11.1 Å². The minimum atomic E-state index is -1.76. The molecule has 2 aromatic carbocycles. The molecular formula is C12H4F6O. The van der Waals surface area contributed by atoms with E-state index in [-0.39, 0.29) is 0 Å². The summed E-state index contributed by atoms with van der Waals surface area (Å²) in [6.45, 7) is 0. The van der Waals surface area contributed by atoms with Crippen LogP contribution in [0.3, 0.4) is 0 Å². The lowest BCUT2D eigenvalue weighted by molar-refractivity contribution is -0.00688. The Kier molecular flexibility index (Phi) is 3.37. The third kappa shape index (κ3) is 2.35. The molecule has 0 bridgehead atoms. The number of hydrogen-bond donors (Lipinski definition) is 0. The van der Waals surface area contributed by atoms with Gasteiger partial charge in [0.05, 0.1) is 5.56 Å². The van der Waals surface area contributed by atoms with Crippen molar-refractivity contribution in [2.75, 3.05) is 0 Å². The predicted molar refractivity (Wildman–Crippen MR) is 53.4 cm³/mol. The van der Waals surface area contributed by atoms with Crippen molar-refractivity contribution in [3.63, 3.8) is 0 Å².